The zero-order valence-electron chi connectivity index (χ0n) is 12.8. The standard InChI is InChI=1S/C16H26F2O3/c1-2-3-6-19-11-14-13-4-5-15(17,18)9-12(13)10-16(14)20-7-8-21-16/h12-14H,2-11H2,1H3/t12-,13-,14+/m1/s1. The number of ether oxygens (including phenoxy) is 3. The van der Waals surface area contributed by atoms with Crippen LogP contribution in [0.4, 0.5) is 8.78 Å². The Kier molecular flexibility index (Phi) is 4.53. The number of fused-ring (bicyclic) bond motifs is 1. The molecule has 0 aromatic rings. The molecule has 3 fully saturated rings. The number of hydrogen-bond acceptors (Lipinski definition) is 3. The van der Waals surface area contributed by atoms with Gasteiger partial charge in [0, 0.05) is 31.8 Å². The average molecular weight is 304 g/mol. The molecule has 1 spiro atoms. The van der Waals surface area contributed by atoms with Crippen LogP contribution in [0.25, 0.3) is 0 Å². The summed E-state index contributed by atoms with van der Waals surface area (Å²) in [6.45, 7) is 4.58. The summed E-state index contributed by atoms with van der Waals surface area (Å²) in [7, 11) is 0. The normalized spacial score (nSPS) is 37.0. The molecule has 3 aliphatic rings. The van der Waals surface area contributed by atoms with Gasteiger partial charge >= 0.3 is 0 Å². The van der Waals surface area contributed by atoms with Gasteiger partial charge in [-0.2, -0.15) is 0 Å². The number of hydrogen-bond donors (Lipinski definition) is 0. The monoisotopic (exact) mass is 304 g/mol. The van der Waals surface area contributed by atoms with Gasteiger partial charge < -0.3 is 14.2 Å². The van der Waals surface area contributed by atoms with E-state index in [1.54, 1.807) is 0 Å². The summed E-state index contributed by atoms with van der Waals surface area (Å²) in [6, 6.07) is 0. The molecule has 0 aromatic carbocycles. The third-order valence-electron chi connectivity index (χ3n) is 5.35. The van der Waals surface area contributed by atoms with Crippen molar-refractivity contribution in [3.8, 4) is 0 Å². The first-order chi connectivity index (χ1) is 10.1. The van der Waals surface area contributed by atoms with Gasteiger partial charge in [0.15, 0.2) is 5.79 Å². The molecule has 0 N–H and O–H groups in total. The van der Waals surface area contributed by atoms with Crippen LogP contribution in [-0.2, 0) is 14.2 Å². The summed E-state index contributed by atoms with van der Waals surface area (Å²) in [6.07, 6.45) is 3.28. The minimum Gasteiger partial charge on any atom is -0.381 e. The van der Waals surface area contributed by atoms with Gasteiger partial charge in [0.2, 0.25) is 5.92 Å². The van der Waals surface area contributed by atoms with Gasteiger partial charge in [-0.1, -0.05) is 13.3 Å². The SMILES string of the molecule is CCCCOC[C@H]1[C@@H]2CCC(F)(F)C[C@@H]2CC12OCCO2. The summed E-state index contributed by atoms with van der Waals surface area (Å²) in [5.41, 5.74) is 0. The van der Waals surface area contributed by atoms with Crippen molar-refractivity contribution in [2.75, 3.05) is 26.4 Å². The topological polar surface area (TPSA) is 27.7 Å². The van der Waals surface area contributed by atoms with Gasteiger partial charge in [0.1, 0.15) is 0 Å². The van der Waals surface area contributed by atoms with Crippen LogP contribution >= 0.6 is 0 Å². The van der Waals surface area contributed by atoms with Crippen molar-refractivity contribution in [3.63, 3.8) is 0 Å². The first kappa shape index (κ1) is 15.6. The fourth-order valence-corrected chi connectivity index (χ4v) is 4.36. The van der Waals surface area contributed by atoms with Crippen molar-refractivity contribution in [2.45, 2.75) is 57.2 Å². The average Bonchev–Trinajstić information content (AvgIpc) is 2.99. The van der Waals surface area contributed by atoms with Gasteiger partial charge in [-0.15, -0.1) is 0 Å². The third-order valence-corrected chi connectivity index (χ3v) is 5.35. The Balaban J connectivity index is 1.68. The van der Waals surface area contributed by atoms with Crippen LogP contribution in [-0.4, -0.2) is 38.1 Å². The highest BCUT2D eigenvalue weighted by molar-refractivity contribution is 5.02. The van der Waals surface area contributed by atoms with E-state index in [1.807, 2.05) is 0 Å². The molecule has 1 heterocycles. The Hall–Kier alpha value is -0.260. The molecule has 21 heavy (non-hydrogen) atoms. The van der Waals surface area contributed by atoms with Crippen LogP contribution in [0.15, 0.2) is 0 Å². The molecule has 122 valence electrons. The largest absolute Gasteiger partial charge is 0.381 e. The van der Waals surface area contributed by atoms with E-state index in [-0.39, 0.29) is 30.6 Å². The second kappa shape index (κ2) is 6.09. The molecule has 3 atom stereocenters. The maximum absolute atomic E-state index is 13.7. The molecule has 0 radical (unpaired) electrons. The molecule has 2 saturated carbocycles. The van der Waals surface area contributed by atoms with Crippen molar-refractivity contribution in [3.05, 3.63) is 0 Å². The number of rotatable bonds is 5. The van der Waals surface area contributed by atoms with E-state index < -0.39 is 11.7 Å². The van der Waals surface area contributed by atoms with E-state index in [2.05, 4.69) is 6.92 Å². The van der Waals surface area contributed by atoms with Crippen molar-refractivity contribution >= 4 is 0 Å². The zero-order valence-corrected chi connectivity index (χ0v) is 12.8. The predicted molar refractivity (Wildman–Crippen MR) is 74.2 cm³/mol. The van der Waals surface area contributed by atoms with Crippen LogP contribution in [0.5, 0.6) is 0 Å². The van der Waals surface area contributed by atoms with Gasteiger partial charge in [0.25, 0.3) is 0 Å². The quantitative estimate of drug-likeness (QED) is 0.726. The lowest BCUT2D eigenvalue weighted by Crippen LogP contribution is -2.40. The smallest absolute Gasteiger partial charge is 0.248 e. The minimum absolute atomic E-state index is 0.00426. The van der Waals surface area contributed by atoms with Crippen LogP contribution in [0.2, 0.25) is 0 Å². The van der Waals surface area contributed by atoms with Gasteiger partial charge in [-0.25, -0.2) is 8.78 Å². The molecule has 1 saturated heterocycles. The van der Waals surface area contributed by atoms with E-state index in [9.17, 15) is 8.78 Å². The molecule has 0 aromatic heterocycles. The summed E-state index contributed by atoms with van der Waals surface area (Å²) >= 11 is 0. The molecule has 0 unspecified atom stereocenters. The van der Waals surface area contributed by atoms with E-state index in [1.165, 1.54) is 0 Å². The first-order valence-corrected chi connectivity index (χ1v) is 8.30. The van der Waals surface area contributed by atoms with Gasteiger partial charge in [-0.3, -0.25) is 0 Å². The fourth-order valence-electron chi connectivity index (χ4n) is 4.36. The summed E-state index contributed by atoms with van der Waals surface area (Å²) in [5.74, 6) is -2.80. The maximum Gasteiger partial charge on any atom is 0.248 e. The molecule has 0 bridgehead atoms. The van der Waals surface area contributed by atoms with E-state index in [4.69, 9.17) is 14.2 Å². The third kappa shape index (κ3) is 3.10. The number of unbranched alkanes of at least 4 members (excludes halogenated alkanes) is 1. The lowest BCUT2D eigenvalue weighted by molar-refractivity contribution is -0.198. The Morgan fingerprint density at radius 1 is 1.19 bits per heavy atom. The molecule has 5 heteroatoms. The summed E-state index contributed by atoms with van der Waals surface area (Å²) in [5, 5.41) is 0. The lowest BCUT2D eigenvalue weighted by Gasteiger charge is -2.35. The van der Waals surface area contributed by atoms with Crippen molar-refractivity contribution in [2.24, 2.45) is 17.8 Å². The second-order valence-electron chi connectivity index (χ2n) is 6.77. The second-order valence-corrected chi connectivity index (χ2v) is 6.77. The molecule has 1 aliphatic heterocycles. The Bertz CT molecular complexity index is 355. The van der Waals surface area contributed by atoms with E-state index in [0.29, 0.717) is 32.7 Å². The Morgan fingerprint density at radius 2 is 1.95 bits per heavy atom. The molecule has 3 nitrogen and oxygen atoms in total. The molecule has 2 aliphatic carbocycles. The van der Waals surface area contributed by atoms with E-state index in [0.717, 1.165) is 19.4 Å². The van der Waals surface area contributed by atoms with Crippen molar-refractivity contribution in [1.82, 2.24) is 0 Å². The van der Waals surface area contributed by atoms with Gasteiger partial charge in [0.05, 0.1) is 19.8 Å². The summed E-state index contributed by atoms with van der Waals surface area (Å²) < 4.78 is 44.9. The molecule has 3 rings (SSSR count). The molecule has 0 amide bonds. The Labute approximate surface area is 125 Å². The van der Waals surface area contributed by atoms with Crippen molar-refractivity contribution in [1.29, 1.82) is 0 Å². The van der Waals surface area contributed by atoms with E-state index >= 15 is 0 Å². The number of halogens is 2. The zero-order chi connectivity index (χ0) is 14.9. The fraction of sp³-hybridized carbons (Fsp3) is 1.00. The minimum atomic E-state index is -2.51. The first-order valence-electron chi connectivity index (χ1n) is 8.30. The predicted octanol–water partition coefficient (Wildman–Crippen LogP) is 3.62. The molecular weight excluding hydrogens is 278 g/mol. The Morgan fingerprint density at radius 3 is 2.67 bits per heavy atom. The number of alkyl halides is 2. The van der Waals surface area contributed by atoms with Crippen LogP contribution in [0.1, 0.15) is 45.4 Å². The maximum atomic E-state index is 13.7. The molecular formula is C16H26F2O3. The summed E-state index contributed by atoms with van der Waals surface area (Å²) in [4.78, 5) is 0. The highest BCUT2D eigenvalue weighted by Crippen LogP contribution is 2.57. The van der Waals surface area contributed by atoms with Crippen molar-refractivity contribution < 1.29 is 23.0 Å². The lowest BCUT2D eigenvalue weighted by atomic mass is 9.76. The van der Waals surface area contributed by atoms with Gasteiger partial charge in [-0.05, 0) is 24.7 Å². The van der Waals surface area contributed by atoms with Crippen LogP contribution < -0.4 is 0 Å². The van der Waals surface area contributed by atoms with Crippen LogP contribution in [0.3, 0.4) is 0 Å². The highest BCUT2D eigenvalue weighted by atomic mass is 19.3. The highest BCUT2D eigenvalue weighted by Gasteiger charge is 2.60. The van der Waals surface area contributed by atoms with Crippen LogP contribution in [0, 0.1) is 17.8 Å².